The summed E-state index contributed by atoms with van der Waals surface area (Å²) < 4.78 is 5.18. The number of para-hydroxylation sites is 1. The lowest BCUT2D eigenvalue weighted by molar-refractivity contribution is -0.144. The molecule has 0 saturated carbocycles. The SMILES string of the molecule is O=C(CCCNc1ccccc1)OCc1cccs1. The molecule has 0 radical (unpaired) electrons. The number of hydrogen-bond donors (Lipinski definition) is 1. The lowest BCUT2D eigenvalue weighted by Crippen LogP contribution is -2.08. The Morgan fingerprint density at radius 3 is 2.74 bits per heavy atom. The zero-order valence-corrected chi connectivity index (χ0v) is 11.5. The van der Waals surface area contributed by atoms with Gasteiger partial charge in [0, 0.05) is 23.5 Å². The van der Waals surface area contributed by atoms with E-state index in [-0.39, 0.29) is 5.97 Å². The number of ether oxygens (including phenoxy) is 1. The molecule has 1 aromatic carbocycles. The highest BCUT2D eigenvalue weighted by atomic mass is 32.1. The van der Waals surface area contributed by atoms with Crippen LogP contribution in [0.3, 0.4) is 0 Å². The summed E-state index contributed by atoms with van der Waals surface area (Å²) >= 11 is 1.60. The van der Waals surface area contributed by atoms with E-state index in [2.05, 4.69) is 5.32 Å². The number of esters is 1. The van der Waals surface area contributed by atoms with Crippen LogP contribution in [0.2, 0.25) is 0 Å². The molecule has 0 aliphatic carbocycles. The third-order valence-electron chi connectivity index (χ3n) is 2.62. The van der Waals surface area contributed by atoms with E-state index in [9.17, 15) is 4.79 Å². The monoisotopic (exact) mass is 275 g/mol. The van der Waals surface area contributed by atoms with Crippen molar-refractivity contribution in [3.05, 3.63) is 52.7 Å². The first-order valence-electron chi connectivity index (χ1n) is 6.31. The fourth-order valence-electron chi connectivity index (χ4n) is 1.64. The summed E-state index contributed by atoms with van der Waals surface area (Å²) in [6.07, 6.45) is 1.23. The van der Waals surface area contributed by atoms with E-state index >= 15 is 0 Å². The van der Waals surface area contributed by atoms with Gasteiger partial charge in [-0.25, -0.2) is 0 Å². The van der Waals surface area contributed by atoms with Crippen molar-refractivity contribution >= 4 is 23.0 Å². The minimum Gasteiger partial charge on any atom is -0.460 e. The number of benzene rings is 1. The van der Waals surface area contributed by atoms with Gasteiger partial charge in [0.25, 0.3) is 0 Å². The highest BCUT2D eigenvalue weighted by molar-refractivity contribution is 7.09. The van der Waals surface area contributed by atoms with E-state index in [1.807, 2.05) is 47.8 Å². The number of hydrogen-bond acceptors (Lipinski definition) is 4. The van der Waals surface area contributed by atoms with Crippen molar-refractivity contribution in [1.82, 2.24) is 0 Å². The second kappa shape index (κ2) is 7.59. The van der Waals surface area contributed by atoms with Gasteiger partial charge in [-0.05, 0) is 30.0 Å². The van der Waals surface area contributed by atoms with Crippen molar-refractivity contribution in [3.63, 3.8) is 0 Å². The third kappa shape index (κ3) is 5.14. The Bertz CT molecular complexity index is 482. The van der Waals surface area contributed by atoms with Crippen molar-refractivity contribution in [1.29, 1.82) is 0 Å². The highest BCUT2D eigenvalue weighted by Gasteiger charge is 2.03. The lowest BCUT2D eigenvalue weighted by atomic mass is 10.3. The first-order valence-corrected chi connectivity index (χ1v) is 7.19. The van der Waals surface area contributed by atoms with E-state index < -0.39 is 0 Å². The summed E-state index contributed by atoms with van der Waals surface area (Å²) in [6.45, 7) is 1.17. The molecule has 0 aliphatic heterocycles. The quantitative estimate of drug-likeness (QED) is 0.618. The average Bonchev–Trinajstić information content (AvgIpc) is 2.96. The molecule has 2 aromatic rings. The zero-order chi connectivity index (χ0) is 13.3. The molecule has 4 heteroatoms. The van der Waals surface area contributed by atoms with Gasteiger partial charge < -0.3 is 10.1 Å². The summed E-state index contributed by atoms with van der Waals surface area (Å²) in [6, 6.07) is 13.9. The summed E-state index contributed by atoms with van der Waals surface area (Å²) in [4.78, 5) is 12.6. The van der Waals surface area contributed by atoms with Gasteiger partial charge in [0.05, 0.1) is 0 Å². The normalized spacial score (nSPS) is 10.1. The maximum atomic E-state index is 11.5. The summed E-state index contributed by atoms with van der Waals surface area (Å²) in [7, 11) is 0. The van der Waals surface area contributed by atoms with Gasteiger partial charge >= 0.3 is 5.97 Å². The summed E-state index contributed by atoms with van der Waals surface area (Å²) in [5.41, 5.74) is 1.08. The van der Waals surface area contributed by atoms with Gasteiger partial charge in [0.2, 0.25) is 0 Å². The maximum Gasteiger partial charge on any atom is 0.306 e. The zero-order valence-electron chi connectivity index (χ0n) is 10.7. The van der Waals surface area contributed by atoms with Crippen molar-refractivity contribution in [2.45, 2.75) is 19.4 Å². The van der Waals surface area contributed by atoms with Crippen molar-refractivity contribution in [3.8, 4) is 0 Å². The van der Waals surface area contributed by atoms with E-state index in [0.717, 1.165) is 23.5 Å². The predicted octanol–water partition coefficient (Wildman–Crippen LogP) is 3.68. The third-order valence-corrected chi connectivity index (χ3v) is 3.47. The molecular weight excluding hydrogens is 258 g/mol. The summed E-state index contributed by atoms with van der Waals surface area (Å²) in [5.74, 6) is -0.136. The Balaban J connectivity index is 1.57. The molecule has 0 spiro atoms. The van der Waals surface area contributed by atoms with E-state index in [0.29, 0.717) is 13.0 Å². The fourth-order valence-corrected chi connectivity index (χ4v) is 2.26. The van der Waals surface area contributed by atoms with Crippen molar-refractivity contribution in [2.24, 2.45) is 0 Å². The Morgan fingerprint density at radius 2 is 2.00 bits per heavy atom. The van der Waals surface area contributed by atoms with Gasteiger partial charge in [-0.15, -0.1) is 11.3 Å². The van der Waals surface area contributed by atoms with E-state index in [1.165, 1.54) is 0 Å². The van der Waals surface area contributed by atoms with Crippen LogP contribution < -0.4 is 5.32 Å². The Hall–Kier alpha value is -1.81. The molecule has 0 bridgehead atoms. The van der Waals surface area contributed by atoms with E-state index in [1.54, 1.807) is 11.3 Å². The first kappa shape index (κ1) is 13.6. The molecule has 1 heterocycles. The number of anilines is 1. The molecule has 3 nitrogen and oxygen atoms in total. The second-order valence-corrected chi connectivity index (χ2v) is 5.17. The minimum absolute atomic E-state index is 0.136. The molecule has 2 rings (SSSR count). The Kier molecular flexibility index (Phi) is 5.44. The van der Waals surface area contributed by atoms with Crippen LogP contribution in [0.4, 0.5) is 5.69 Å². The predicted molar refractivity (Wildman–Crippen MR) is 78.3 cm³/mol. The Morgan fingerprint density at radius 1 is 1.16 bits per heavy atom. The van der Waals surface area contributed by atoms with Crippen LogP contribution in [-0.4, -0.2) is 12.5 Å². The van der Waals surface area contributed by atoms with E-state index in [4.69, 9.17) is 4.74 Å². The Labute approximate surface area is 117 Å². The number of thiophene rings is 1. The maximum absolute atomic E-state index is 11.5. The fraction of sp³-hybridized carbons (Fsp3) is 0.267. The summed E-state index contributed by atoms with van der Waals surface area (Å²) in [5, 5.41) is 5.24. The smallest absolute Gasteiger partial charge is 0.306 e. The number of nitrogens with one attached hydrogen (secondary N) is 1. The van der Waals surface area contributed by atoms with Crippen LogP contribution in [0.1, 0.15) is 17.7 Å². The molecule has 0 unspecified atom stereocenters. The number of carbonyl (C=O) groups excluding carboxylic acids is 1. The molecule has 100 valence electrons. The van der Waals surface area contributed by atoms with Crippen LogP contribution in [0, 0.1) is 0 Å². The first-order chi connectivity index (χ1) is 9.34. The standard InChI is InChI=1S/C15H17NO2S/c17-15(18-12-14-8-5-11-19-14)9-4-10-16-13-6-2-1-3-7-13/h1-3,5-8,11,16H,4,9-10,12H2. The molecule has 1 N–H and O–H groups in total. The second-order valence-electron chi connectivity index (χ2n) is 4.14. The number of carbonyl (C=O) groups is 1. The van der Waals surface area contributed by atoms with Gasteiger partial charge in [-0.1, -0.05) is 24.3 Å². The molecule has 0 amide bonds. The molecular formula is C15H17NO2S. The number of rotatable bonds is 7. The molecule has 19 heavy (non-hydrogen) atoms. The molecule has 0 aliphatic rings. The topological polar surface area (TPSA) is 38.3 Å². The van der Waals surface area contributed by atoms with Crippen molar-refractivity contribution < 1.29 is 9.53 Å². The molecule has 0 fully saturated rings. The molecule has 1 aromatic heterocycles. The van der Waals surface area contributed by atoms with Crippen LogP contribution in [0.25, 0.3) is 0 Å². The van der Waals surface area contributed by atoms with Crippen LogP contribution >= 0.6 is 11.3 Å². The minimum atomic E-state index is -0.136. The van der Waals surface area contributed by atoms with Crippen LogP contribution in [0.15, 0.2) is 47.8 Å². The van der Waals surface area contributed by atoms with Gasteiger partial charge in [0.1, 0.15) is 6.61 Å². The van der Waals surface area contributed by atoms with Gasteiger partial charge in [-0.3, -0.25) is 4.79 Å². The van der Waals surface area contributed by atoms with Gasteiger partial charge in [-0.2, -0.15) is 0 Å². The van der Waals surface area contributed by atoms with Gasteiger partial charge in [0.15, 0.2) is 0 Å². The van der Waals surface area contributed by atoms with Crippen LogP contribution in [0.5, 0.6) is 0 Å². The van der Waals surface area contributed by atoms with Crippen LogP contribution in [-0.2, 0) is 16.1 Å². The highest BCUT2D eigenvalue weighted by Crippen LogP contribution is 2.10. The largest absolute Gasteiger partial charge is 0.460 e. The average molecular weight is 275 g/mol. The molecule has 0 saturated heterocycles. The van der Waals surface area contributed by atoms with Crippen molar-refractivity contribution in [2.75, 3.05) is 11.9 Å². The lowest BCUT2D eigenvalue weighted by Gasteiger charge is -2.06. The molecule has 0 atom stereocenters.